The van der Waals surface area contributed by atoms with Crippen molar-refractivity contribution in [2.24, 2.45) is 0 Å². The second-order valence-electron chi connectivity index (χ2n) is 5.54. The van der Waals surface area contributed by atoms with Crippen molar-refractivity contribution in [3.63, 3.8) is 0 Å². The number of anilines is 1. The number of aromatic nitrogens is 1. The molecule has 0 aliphatic rings. The molecular weight excluding hydrogens is 328 g/mol. The van der Waals surface area contributed by atoms with Crippen LogP contribution in [-0.2, 0) is 0 Å². The number of hydrogen-bond acceptors (Lipinski definition) is 4. The monoisotopic (exact) mass is 344 g/mol. The molecule has 0 saturated carbocycles. The summed E-state index contributed by atoms with van der Waals surface area (Å²) in [5.74, 6) is 1.61. The van der Waals surface area contributed by atoms with Gasteiger partial charge < -0.3 is 10.5 Å². The lowest BCUT2D eigenvalue weighted by molar-refractivity contribution is 0.483. The maximum Gasteiger partial charge on any atom is 0.181 e. The molecule has 0 bridgehead atoms. The highest BCUT2D eigenvalue weighted by atomic mass is 32.1. The minimum Gasteiger partial charge on any atom is -0.457 e. The highest BCUT2D eigenvalue weighted by Crippen LogP contribution is 2.38. The van der Waals surface area contributed by atoms with E-state index in [1.165, 1.54) is 11.3 Å². The van der Waals surface area contributed by atoms with Crippen molar-refractivity contribution in [2.75, 3.05) is 5.73 Å². The van der Waals surface area contributed by atoms with Gasteiger partial charge >= 0.3 is 0 Å². The van der Waals surface area contributed by atoms with Crippen molar-refractivity contribution in [2.45, 2.75) is 0 Å². The Labute approximate surface area is 150 Å². The third kappa shape index (κ3) is 3.39. The van der Waals surface area contributed by atoms with Gasteiger partial charge in [-0.2, -0.15) is 0 Å². The standard InChI is InChI=1S/C21H16N2OS/c22-21-23-19(20(25-21)16-7-3-1-4-8-16)15-11-13-18(14-12-15)24-17-9-5-2-6-10-17/h1-14H,(H2,22,23). The van der Waals surface area contributed by atoms with E-state index in [9.17, 15) is 0 Å². The zero-order valence-corrected chi connectivity index (χ0v) is 14.2. The molecule has 0 atom stereocenters. The molecule has 0 fully saturated rings. The molecule has 3 aromatic carbocycles. The molecule has 3 nitrogen and oxygen atoms in total. The number of hydrogen-bond donors (Lipinski definition) is 1. The first kappa shape index (κ1) is 15.4. The third-order valence-corrected chi connectivity index (χ3v) is 4.72. The number of nitrogens with two attached hydrogens (primary N) is 1. The van der Waals surface area contributed by atoms with Gasteiger partial charge in [0.15, 0.2) is 5.13 Å². The number of benzene rings is 3. The van der Waals surface area contributed by atoms with E-state index in [4.69, 9.17) is 10.5 Å². The van der Waals surface area contributed by atoms with Crippen molar-refractivity contribution in [1.82, 2.24) is 4.98 Å². The molecule has 0 spiro atoms. The van der Waals surface area contributed by atoms with E-state index >= 15 is 0 Å². The summed E-state index contributed by atoms with van der Waals surface area (Å²) in [5, 5.41) is 0.568. The normalized spacial score (nSPS) is 10.6. The molecular formula is C21H16N2OS. The van der Waals surface area contributed by atoms with Gasteiger partial charge in [-0.25, -0.2) is 4.98 Å². The number of thiazole rings is 1. The van der Waals surface area contributed by atoms with E-state index in [2.05, 4.69) is 17.1 Å². The molecule has 0 saturated heterocycles. The Morgan fingerprint density at radius 2 is 1.28 bits per heavy atom. The molecule has 122 valence electrons. The lowest BCUT2D eigenvalue weighted by atomic mass is 10.1. The molecule has 0 amide bonds. The van der Waals surface area contributed by atoms with E-state index in [1.807, 2.05) is 72.8 Å². The second kappa shape index (κ2) is 6.79. The summed E-state index contributed by atoms with van der Waals surface area (Å²) in [6.45, 7) is 0. The first-order chi connectivity index (χ1) is 12.3. The largest absolute Gasteiger partial charge is 0.457 e. The maximum atomic E-state index is 5.97. The summed E-state index contributed by atoms with van der Waals surface area (Å²) >= 11 is 1.50. The highest BCUT2D eigenvalue weighted by Gasteiger charge is 2.13. The molecule has 4 aromatic rings. The molecule has 4 heteroatoms. The van der Waals surface area contributed by atoms with Crippen molar-refractivity contribution in [3.05, 3.63) is 84.9 Å². The molecule has 2 N–H and O–H groups in total. The number of para-hydroxylation sites is 1. The molecule has 0 aliphatic heterocycles. The van der Waals surface area contributed by atoms with Crippen LogP contribution in [-0.4, -0.2) is 4.98 Å². The number of nitrogens with zero attached hydrogens (tertiary/aromatic N) is 1. The van der Waals surface area contributed by atoms with Crippen LogP contribution in [0.25, 0.3) is 21.7 Å². The van der Waals surface area contributed by atoms with Gasteiger partial charge in [-0.1, -0.05) is 59.9 Å². The van der Waals surface area contributed by atoms with E-state index < -0.39 is 0 Å². The summed E-state index contributed by atoms with van der Waals surface area (Å²) in [7, 11) is 0. The van der Waals surface area contributed by atoms with Crippen LogP contribution in [0.3, 0.4) is 0 Å². The Balaban J connectivity index is 1.65. The number of nitrogen functional groups attached to an aromatic ring is 1. The van der Waals surface area contributed by atoms with Crippen LogP contribution in [0.1, 0.15) is 0 Å². The Morgan fingerprint density at radius 1 is 0.680 bits per heavy atom. The Hall–Kier alpha value is -3.11. The van der Waals surface area contributed by atoms with Gasteiger partial charge in [-0.15, -0.1) is 0 Å². The van der Waals surface area contributed by atoms with E-state index in [-0.39, 0.29) is 0 Å². The lowest BCUT2D eigenvalue weighted by Gasteiger charge is -2.07. The zero-order chi connectivity index (χ0) is 17.1. The molecule has 1 aromatic heterocycles. The highest BCUT2D eigenvalue weighted by molar-refractivity contribution is 7.19. The smallest absolute Gasteiger partial charge is 0.181 e. The van der Waals surface area contributed by atoms with Gasteiger partial charge in [0.2, 0.25) is 0 Å². The van der Waals surface area contributed by atoms with Crippen LogP contribution in [0.15, 0.2) is 84.9 Å². The quantitative estimate of drug-likeness (QED) is 0.505. The topological polar surface area (TPSA) is 48.1 Å². The summed E-state index contributed by atoms with van der Waals surface area (Å²) in [5.41, 5.74) is 9.01. The van der Waals surface area contributed by atoms with E-state index in [0.717, 1.165) is 33.2 Å². The van der Waals surface area contributed by atoms with Crippen molar-refractivity contribution >= 4 is 16.5 Å². The first-order valence-electron chi connectivity index (χ1n) is 7.95. The van der Waals surface area contributed by atoms with Crippen LogP contribution in [0, 0.1) is 0 Å². The fraction of sp³-hybridized carbons (Fsp3) is 0. The van der Waals surface area contributed by atoms with E-state index in [0.29, 0.717) is 5.13 Å². The average Bonchev–Trinajstić information content (AvgIpc) is 3.06. The van der Waals surface area contributed by atoms with Crippen LogP contribution in [0.2, 0.25) is 0 Å². The fourth-order valence-electron chi connectivity index (χ4n) is 2.62. The summed E-state index contributed by atoms with van der Waals surface area (Å²) < 4.78 is 5.85. The minimum atomic E-state index is 0.568. The van der Waals surface area contributed by atoms with Crippen LogP contribution in [0.4, 0.5) is 5.13 Å². The Kier molecular flexibility index (Phi) is 4.19. The number of ether oxygens (including phenoxy) is 1. The molecule has 4 rings (SSSR count). The Bertz CT molecular complexity index is 964. The van der Waals surface area contributed by atoms with Gasteiger partial charge in [-0.05, 0) is 42.0 Å². The zero-order valence-electron chi connectivity index (χ0n) is 13.4. The predicted molar refractivity (Wildman–Crippen MR) is 104 cm³/mol. The SMILES string of the molecule is Nc1nc(-c2ccc(Oc3ccccc3)cc2)c(-c2ccccc2)s1. The molecule has 0 unspecified atom stereocenters. The fourth-order valence-corrected chi connectivity index (χ4v) is 3.48. The second-order valence-corrected chi connectivity index (χ2v) is 6.57. The molecule has 25 heavy (non-hydrogen) atoms. The van der Waals surface area contributed by atoms with Gasteiger partial charge in [0.1, 0.15) is 11.5 Å². The lowest BCUT2D eigenvalue weighted by Crippen LogP contribution is -1.86. The summed E-state index contributed by atoms with van der Waals surface area (Å²) in [6, 6.07) is 27.9. The number of rotatable bonds is 4. The van der Waals surface area contributed by atoms with Crippen molar-refractivity contribution < 1.29 is 4.74 Å². The third-order valence-electron chi connectivity index (χ3n) is 3.79. The average molecular weight is 344 g/mol. The minimum absolute atomic E-state index is 0.568. The van der Waals surface area contributed by atoms with E-state index in [1.54, 1.807) is 0 Å². The van der Waals surface area contributed by atoms with Gasteiger partial charge in [0, 0.05) is 5.56 Å². The van der Waals surface area contributed by atoms with Crippen LogP contribution in [0.5, 0.6) is 11.5 Å². The van der Waals surface area contributed by atoms with Crippen molar-refractivity contribution in [1.29, 1.82) is 0 Å². The molecule has 0 aliphatic carbocycles. The summed E-state index contributed by atoms with van der Waals surface area (Å²) in [6.07, 6.45) is 0. The van der Waals surface area contributed by atoms with Gasteiger partial charge in [-0.3, -0.25) is 0 Å². The van der Waals surface area contributed by atoms with Crippen molar-refractivity contribution in [3.8, 4) is 33.2 Å². The molecule has 1 heterocycles. The molecule has 0 radical (unpaired) electrons. The predicted octanol–water partition coefficient (Wildman–Crippen LogP) is 5.85. The maximum absolute atomic E-state index is 5.97. The van der Waals surface area contributed by atoms with Crippen LogP contribution >= 0.6 is 11.3 Å². The Morgan fingerprint density at radius 3 is 1.96 bits per heavy atom. The first-order valence-corrected chi connectivity index (χ1v) is 8.76. The van der Waals surface area contributed by atoms with Gasteiger partial charge in [0.05, 0.1) is 10.6 Å². The van der Waals surface area contributed by atoms with Crippen LogP contribution < -0.4 is 10.5 Å². The summed E-state index contributed by atoms with van der Waals surface area (Å²) in [4.78, 5) is 5.60. The van der Waals surface area contributed by atoms with Gasteiger partial charge in [0.25, 0.3) is 0 Å².